The molecule has 114 valence electrons. The van der Waals surface area contributed by atoms with E-state index in [-0.39, 0.29) is 17.7 Å². The maximum atomic E-state index is 12.6. The number of nitrogens with two attached hydrogens (primary N) is 1. The summed E-state index contributed by atoms with van der Waals surface area (Å²) in [7, 11) is 1.51. The van der Waals surface area contributed by atoms with Crippen LogP contribution >= 0.6 is 34.2 Å². The largest absolute Gasteiger partial charge is 0.496 e. The summed E-state index contributed by atoms with van der Waals surface area (Å²) in [4.78, 5) is 25.6. The van der Waals surface area contributed by atoms with Gasteiger partial charge in [-0.05, 0) is 47.6 Å². The summed E-state index contributed by atoms with van der Waals surface area (Å²) in [6.07, 6.45) is 1.49. The van der Waals surface area contributed by atoms with E-state index < -0.39 is 0 Å². The highest BCUT2D eigenvalue weighted by atomic mass is 127. The van der Waals surface area contributed by atoms with Crippen LogP contribution in [0.15, 0.2) is 12.1 Å². The first kappa shape index (κ1) is 16.4. The molecule has 1 heterocycles. The van der Waals surface area contributed by atoms with Crippen molar-refractivity contribution in [1.82, 2.24) is 4.90 Å². The molecule has 0 aliphatic carbocycles. The maximum absolute atomic E-state index is 12.6. The van der Waals surface area contributed by atoms with Crippen molar-refractivity contribution < 1.29 is 14.3 Å². The van der Waals surface area contributed by atoms with Crippen molar-refractivity contribution in [2.75, 3.05) is 20.2 Å². The lowest BCUT2D eigenvalue weighted by atomic mass is 9.97. The first-order valence-electron chi connectivity index (χ1n) is 6.55. The van der Waals surface area contributed by atoms with Gasteiger partial charge in [0.15, 0.2) is 0 Å². The van der Waals surface area contributed by atoms with Crippen molar-refractivity contribution in [2.45, 2.75) is 12.8 Å². The molecule has 1 saturated heterocycles. The second-order valence-electron chi connectivity index (χ2n) is 4.96. The van der Waals surface area contributed by atoms with Crippen molar-refractivity contribution in [3.8, 4) is 5.75 Å². The molecule has 1 atom stereocenters. The molecule has 2 N–H and O–H groups in total. The van der Waals surface area contributed by atoms with Crippen molar-refractivity contribution in [1.29, 1.82) is 0 Å². The van der Waals surface area contributed by atoms with Gasteiger partial charge in [-0.3, -0.25) is 9.59 Å². The third-order valence-corrected chi connectivity index (χ3v) is 5.11. The van der Waals surface area contributed by atoms with Gasteiger partial charge in [0, 0.05) is 16.7 Å². The van der Waals surface area contributed by atoms with Crippen LogP contribution in [0.25, 0.3) is 0 Å². The molecule has 0 spiro atoms. The van der Waals surface area contributed by atoms with Crippen LogP contribution in [0.3, 0.4) is 0 Å². The third-order valence-electron chi connectivity index (χ3n) is 3.58. The zero-order chi connectivity index (χ0) is 15.6. The second kappa shape index (κ2) is 6.83. The number of primary amides is 1. The summed E-state index contributed by atoms with van der Waals surface area (Å²) in [6.45, 7) is 0.955. The SMILES string of the molecule is COc1cc(I)c(Cl)cc1C(=O)N1CCCC(C(N)=O)C1. The molecule has 0 radical (unpaired) electrons. The molecule has 1 unspecified atom stereocenters. The summed E-state index contributed by atoms with van der Waals surface area (Å²) >= 11 is 8.18. The lowest BCUT2D eigenvalue weighted by Crippen LogP contribution is -2.44. The Morgan fingerprint density at radius 2 is 2.19 bits per heavy atom. The molecule has 1 aliphatic heterocycles. The number of halogens is 2. The molecule has 7 heteroatoms. The van der Waals surface area contributed by atoms with Crippen molar-refractivity contribution >= 4 is 46.0 Å². The topological polar surface area (TPSA) is 72.6 Å². The van der Waals surface area contributed by atoms with Gasteiger partial charge in [0.05, 0.1) is 23.6 Å². The highest BCUT2D eigenvalue weighted by Gasteiger charge is 2.29. The zero-order valence-electron chi connectivity index (χ0n) is 11.6. The summed E-state index contributed by atoms with van der Waals surface area (Å²) in [6, 6.07) is 3.34. The van der Waals surface area contributed by atoms with Gasteiger partial charge in [-0.2, -0.15) is 0 Å². The fourth-order valence-electron chi connectivity index (χ4n) is 2.43. The zero-order valence-corrected chi connectivity index (χ0v) is 14.5. The molecule has 1 aromatic carbocycles. The second-order valence-corrected chi connectivity index (χ2v) is 6.53. The molecule has 1 fully saturated rings. The Balaban J connectivity index is 2.27. The minimum Gasteiger partial charge on any atom is -0.496 e. The number of amides is 2. The number of ether oxygens (including phenoxy) is 1. The number of rotatable bonds is 3. The highest BCUT2D eigenvalue weighted by Crippen LogP contribution is 2.30. The van der Waals surface area contributed by atoms with Gasteiger partial charge in [0.2, 0.25) is 5.91 Å². The van der Waals surface area contributed by atoms with Crippen molar-refractivity contribution in [3.05, 3.63) is 26.3 Å². The predicted molar refractivity (Wildman–Crippen MR) is 88.5 cm³/mol. The Hall–Kier alpha value is -1.02. The number of likely N-dealkylation sites (tertiary alicyclic amines) is 1. The van der Waals surface area contributed by atoms with Gasteiger partial charge in [0.25, 0.3) is 5.91 Å². The van der Waals surface area contributed by atoms with Crippen LogP contribution in [0, 0.1) is 9.49 Å². The molecule has 0 aromatic heterocycles. The summed E-state index contributed by atoms with van der Waals surface area (Å²) in [5.74, 6) is -0.348. The normalized spacial score (nSPS) is 18.4. The standard InChI is InChI=1S/C14H16ClIN2O3/c1-21-12-6-11(16)10(15)5-9(12)14(20)18-4-2-3-8(7-18)13(17)19/h5-6,8H,2-4,7H2,1H3,(H2,17,19). The molecule has 1 aromatic rings. The fourth-order valence-corrected chi connectivity index (χ4v) is 3.03. The lowest BCUT2D eigenvalue weighted by Gasteiger charge is -2.31. The highest BCUT2D eigenvalue weighted by molar-refractivity contribution is 14.1. The van der Waals surface area contributed by atoms with Crippen LogP contribution in [0.1, 0.15) is 23.2 Å². The van der Waals surface area contributed by atoms with E-state index in [0.29, 0.717) is 29.4 Å². The first-order valence-corrected chi connectivity index (χ1v) is 8.01. The summed E-state index contributed by atoms with van der Waals surface area (Å²) in [5, 5.41) is 0.503. The van der Waals surface area contributed by atoms with E-state index in [2.05, 4.69) is 22.6 Å². The minimum absolute atomic E-state index is 0.184. The third kappa shape index (κ3) is 3.60. The Labute approximate surface area is 141 Å². The smallest absolute Gasteiger partial charge is 0.257 e. The quantitative estimate of drug-likeness (QED) is 0.760. The van der Waals surface area contributed by atoms with E-state index in [9.17, 15) is 9.59 Å². The average Bonchev–Trinajstić information content (AvgIpc) is 2.48. The predicted octanol–water partition coefficient (Wildman–Crippen LogP) is 2.29. The van der Waals surface area contributed by atoms with E-state index in [1.54, 1.807) is 17.0 Å². The van der Waals surface area contributed by atoms with Gasteiger partial charge in [-0.1, -0.05) is 11.6 Å². The fraction of sp³-hybridized carbons (Fsp3) is 0.429. The van der Waals surface area contributed by atoms with E-state index >= 15 is 0 Å². The van der Waals surface area contributed by atoms with Gasteiger partial charge >= 0.3 is 0 Å². The van der Waals surface area contributed by atoms with Crippen molar-refractivity contribution in [3.63, 3.8) is 0 Å². The van der Waals surface area contributed by atoms with Crippen LogP contribution in [0.2, 0.25) is 5.02 Å². The van der Waals surface area contributed by atoms with Crippen LogP contribution in [0.5, 0.6) is 5.75 Å². The van der Waals surface area contributed by atoms with Crippen LogP contribution in [-0.2, 0) is 4.79 Å². The number of benzene rings is 1. The number of piperidine rings is 1. The van der Waals surface area contributed by atoms with E-state index in [1.807, 2.05) is 0 Å². The summed E-state index contributed by atoms with van der Waals surface area (Å²) < 4.78 is 6.08. The Morgan fingerprint density at radius 3 is 2.81 bits per heavy atom. The number of nitrogens with zero attached hydrogens (tertiary/aromatic N) is 1. The van der Waals surface area contributed by atoms with E-state index in [4.69, 9.17) is 22.1 Å². The van der Waals surface area contributed by atoms with Crippen LogP contribution in [-0.4, -0.2) is 36.9 Å². The molecule has 5 nitrogen and oxygen atoms in total. The molecular weight excluding hydrogens is 407 g/mol. The molecular formula is C14H16ClIN2O3. The molecule has 21 heavy (non-hydrogen) atoms. The number of hydrogen-bond acceptors (Lipinski definition) is 3. The number of carbonyl (C=O) groups is 2. The van der Waals surface area contributed by atoms with Crippen molar-refractivity contribution in [2.24, 2.45) is 11.7 Å². The Morgan fingerprint density at radius 1 is 1.48 bits per heavy atom. The molecule has 1 aliphatic rings. The van der Waals surface area contributed by atoms with Crippen LogP contribution < -0.4 is 10.5 Å². The van der Waals surface area contributed by atoms with E-state index in [0.717, 1.165) is 16.4 Å². The average molecular weight is 423 g/mol. The Bertz CT molecular complexity index is 580. The monoisotopic (exact) mass is 422 g/mol. The summed E-state index contributed by atoms with van der Waals surface area (Å²) in [5.41, 5.74) is 5.75. The number of methoxy groups -OCH3 is 1. The molecule has 2 rings (SSSR count). The van der Waals surface area contributed by atoms with Gasteiger partial charge < -0.3 is 15.4 Å². The number of carbonyl (C=O) groups excluding carboxylic acids is 2. The van der Waals surface area contributed by atoms with E-state index in [1.165, 1.54) is 7.11 Å². The maximum Gasteiger partial charge on any atom is 0.257 e. The molecule has 2 amide bonds. The molecule has 0 bridgehead atoms. The minimum atomic E-state index is -0.361. The lowest BCUT2D eigenvalue weighted by molar-refractivity contribution is -0.123. The first-order chi connectivity index (χ1) is 9.93. The van der Waals surface area contributed by atoms with Crippen LogP contribution in [0.4, 0.5) is 0 Å². The van der Waals surface area contributed by atoms with Gasteiger partial charge in [-0.25, -0.2) is 0 Å². The molecule has 0 saturated carbocycles. The Kier molecular flexibility index (Phi) is 5.32. The van der Waals surface area contributed by atoms with Gasteiger partial charge in [0.1, 0.15) is 5.75 Å². The van der Waals surface area contributed by atoms with Gasteiger partial charge in [-0.15, -0.1) is 0 Å². The number of hydrogen-bond donors (Lipinski definition) is 1.